The van der Waals surface area contributed by atoms with Gasteiger partial charge >= 0.3 is 5.69 Å². The molecule has 1 N–H and O–H groups in total. The molecule has 0 amide bonds. The van der Waals surface area contributed by atoms with E-state index in [4.69, 9.17) is 4.74 Å². The highest BCUT2D eigenvalue weighted by atomic mass is 16.5. The zero-order valence-corrected chi connectivity index (χ0v) is 20.5. The van der Waals surface area contributed by atoms with Gasteiger partial charge in [0.15, 0.2) is 0 Å². The SMILES string of the molecule is CCn1c(=O)n(CC)c2cc(C3=C(c4cccc(C)c4)N(CCN4CCOCC4)NC3)ccc21. The average molecular weight is 462 g/mol. The van der Waals surface area contributed by atoms with E-state index in [1.54, 1.807) is 0 Å². The van der Waals surface area contributed by atoms with E-state index in [0.29, 0.717) is 13.1 Å². The molecule has 0 aliphatic carbocycles. The van der Waals surface area contributed by atoms with Gasteiger partial charge in [0.2, 0.25) is 0 Å². The molecule has 7 nitrogen and oxygen atoms in total. The van der Waals surface area contributed by atoms with Gasteiger partial charge in [0.05, 0.1) is 29.9 Å². The van der Waals surface area contributed by atoms with Gasteiger partial charge in [-0.1, -0.05) is 29.8 Å². The van der Waals surface area contributed by atoms with Gasteiger partial charge in [-0.15, -0.1) is 0 Å². The number of nitrogens with zero attached hydrogens (tertiary/aromatic N) is 4. The Balaban J connectivity index is 1.57. The number of aromatic nitrogens is 2. The molecule has 180 valence electrons. The lowest BCUT2D eigenvalue weighted by molar-refractivity contribution is 0.0345. The van der Waals surface area contributed by atoms with Crippen LogP contribution in [0.4, 0.5) is 0 Å². The summed E-state index contributed by atoms with van der Waals surface area (Å²) in [6, 6.07) is 15.2. The maximum atomic E-state index is 12.9. The molecule has 0 atom stereocenters. The number of hydrogen-bond acceptors (Lipinski definition) is 5. The van der Waals surface area contributed by atoms with Gasteiger partial charge in [-0.05, 0) is 50.1 Å². The molecule has 3 heterocycles. The van der Waals surface area contributed by atoms with Crippen molar-refractivity contribution in [2.45, 2.75) is 33.9 Å². The average Bonchev–Trinajstić information content (AvgIpc) is 3.40. The van der Waals surface area contributed by atoms with Crippen LogP contribution in [-0.2, 0) is 17.8 Å². The van der Waals surface area contributed by atoms with Crippen molar-refractivity contribution in [1.82, 2.24) is 24.5 Å². The van der Waals surface area contributed by atoms with Gasteiger partial charge in [0, 0.05) is 51.4 Å². The fourth-order valence-electron chi connectivity index (χ4n) is 5.24. The second-order valence-electron chi connectivity index (χ2n) is 9.11. The predicted molar refractivity (Wildman–Crippen MR) is 138 cm³/mol. The summed E-state index contributed by atoms with van der Waals surface area (Å²) in [5.74, 6) is 0. The summed E-state index contributed by atoms with van der Waals surface area (Å²) in [5, 5.41) is 2.31. The standard InChI is InChI=1S/C27H35N5O2/c1-4-30-24-10-9-21(18-25(24)31(5-2)27(30)33)23-19-28-32(12-11-29-13-15-34-16-14-29)26(23)22-8-6-7-20(3)17-22/h6-10,17-18,28H,4-5,11-16,19H2,1-3H3. The zero-order chi connectivity index (χ0) is 23.7. The molecule has 2 aliphatic rings. The summed E-state index contributed by atoms with van der Waals surface area (Å²) in [6.45, 7) is 13.8. The monoisotopic (exact) mass is 461 g/mol. The second-order valence-corrected chi connectivity index (χ2v) is 9.11. The number of fused-ring (bicyclic) bond motifs is 1. The number of rotatable bonds is 7. The van der Waals surface area contributed by atoms with Crippen LogP contribution in [0.25, 0.3) is 22.3 Å². The molecule has 34 heavy (non-hydrogen) atoms. The summed E-state index contributed by atoms with van der Waals surface area (Å²) in [4.78, 5) is 15.3. The third kappa shape index (κ3) is 4.19. The first-order chi connectivity index (χ1) is 16.6. The molecular formula is C27H35N5O2. The van der Waals surface area contributed by atoms with Crippen LogP contribution in [0.3, 0.4) is 0 Å². The molecule has 1 fully saturated rings. The molecule has 0 radical (unpaired) electrons. The predicted octanol–water partition coefficient (Wildman–Crippen LogP) is 3.17. The van der Waals surface area contributed by atoms with Crippen LogP contribution >= 0.6 is 0 Å². The Labute approximate surface area is 201 Å². The van der Waals surface area contributed by atoms with Crippen LogP contribution in [0, 0.1) is 6.92 Å². The summed E-state index contributed by atoms with van der Waals surface area (Å²) in [7, 11) is 0. The summed E-state index contributed by atoms with van der Waals surface area (Å²) in [6.07, 6.45) is 0. The molecule has 5 rings (SSSR count). The fraction of sp³-hybridized carbons (Fsp3) is 0.444. The Morgan fingerprint density at radius 3 is 2.41 bits per heavy atom. The van der Waals surface area contributed by atoms with Crippen LogP contribution < -0.4 is 11.1 Å². The number of hydrogen-bond donors (Lipinski definition) is 1. The first-order valence-corrected chi connectivity index (χ1v) is 12.5. The Hall–Kier alpha value is -2.87. The third-order valence-corrected chi connectivity index (χ3v) is 7.04. The number of nitrogens with one attached hydrogen (secondary N) is 1. The highest BCUT2D eigenvalue weighted by Gasteiger charge is 2.26. The van der Waals surface area contributed by atoms with Crippen LogP contribution in [-0.4, -0.2) is 65.0 Å². The maximum absolute atomic E-state index is 12.9. The summed E-state index contributed by atoms with van der Waals surface area (Å²) >= 11 is 0. The lowest BCUT2D eigenvalue weighted by Crippen LogP contribution is -2.43. The molecule has 7 heteroatoms. The summed E-state index contributed by atoms with van der Waals surface area (Å²) < 4.78 is 9.26. The molecule has 2 aromatic carbocycles. The van der Waals surface area contributed by atoms with Crippen molar-refractivity contribution < 1.29 is 4.74 Å². The van der Waals surface area contributed by atoms with Crippen molar-refractivity contribution in [3.05, 3.63) is 69.6 Å². The highest BCUT2D eigenvalue weighted by Crippen LogP contribution is 2.34. The van der Waals surface area contributed by atoms with E-state index < -0.39 is 0 Å². The van der Waals surface area contributed by atoms with Crippen LogP contribution in [0.15, 0.2) is 47.3 Å². The first kappa shape index (κ1) is 22.9. The lowest BCUT2D eigenvalue weighted by atomic mass is 9.99. The molecule has 0 unspecified atom stereocenters. The molecule has 1 aromatic heterocycles. The number of morpholine rings is 1. The minimum Gasteiger partial charge on any atom is -0.379 e. The first-order valence-electron chi connectivity index (χ1n) is 12.5. The normalized spacial score (nSPS) is 17.3. The van der Waals surface area contributed by atoms with Gasteiger partial charge in [0.1, 0.15) is 0 Å². The molecular weight excluding hydrogens is 426 g/mol. The highest BCUT2D eigenvalue weighted by molar-refractivity contribution is 5.94. The quantitative estimate of drug-likeness (QED) is 0.586. The van der Waals surface area contributed by atoms with Crippen LogP contribution in [0.2, 0.25) is 0 Å². The minimum absolute atomic E-state index is 0.0710. The number of imidazole rings is 1. The Bertz CT molecular complexity index is 1270. The molecule has 3 aromatic rings. The van der Waals surface area contributed by atoms with Gasteiger partial charge in [0.25, 0.3) is 0 Å². The fourth-order valence-corrected chi connectivity index (χ4v) is 5.24. The molecule has 1 saturated heterocycles. The Morgan fingerprint density at radius 2 is 1.68 bits per heavy atom. The topological polar surface area (TPSA) is 54.7 Å². The van der Waals surface area contributed by atoms with Gasteiger partial charge in [-0.2, -0.15) is 0 Å². The number of ether oxygens (including phenoxy) is 1. The smallest absolute Gasteiger partial charge is 0.329 e. The van der Waals surface area contributed by atoms with Crippen molar-refractivity contribution in [2.75, 3.05) is 45.9 Å². The minimum atomic E-state index is 0.0710. The third-order valence-electron chi connectivity index (χ3n) is 7.04. The van der Waals surface area contributed by atoms with E-state index in [1.165, 1.54) is 28.0 Å². The van der Waals surface area contributed by atoms with Crippen molar-refractivity contribution in [3.63, 3.8) is 0 Å². The molecule has 0 bridgehead atoms. The van der Waals surface area contributed by atoms with E-state index in [-0.39, 0.29) is 5.69 Å². The van der Waals surface area contributed by atoms with Gasteiger partial charge < -0.3 is 9.75 Å². The maximum Gasteiger partial charge on any atom is 0.329 e. The van der Waals surface area contributed by atoms with Gasteiger partial charge in [-0.25, -0.2) is 10.2 Å². The van der Waals surface area contributed by atoms with Crippen molar-refractivity contribution in [3.8, 4) is 0 Å². The Morgan fingerprint density at radius 1 is 0.912 bits per heavy atom. The van der Waals surface area contributed by atoms with E-state index in [9.17, 15) is 4.79 Å². The van der Waals surface area contributed by atoms with Crippen molar-refractivity contribution in [1.29, 1.82) is 0 Å². The largest absolute Gasteiger partial charge is 0.379 e. The Kier molecular flexibility index (Phi) is 6.59. The van der Waals surface area contributed by atoms with Crippen molar-refractivity contribution >= 4 is 22.3 Å². The number of benzene rings is 2. The molecule has 2 aliphatic heterocycles. The van der Waals surface area contributed by atoms with E-state index in [2.05, 4.69) is 64.7 Å². The van der Waals surface area contributed by atoms with E-state index >= 15 is 0 Å². The van der Waals surface area contributed by atoms with E-state index in [1.807, 2.05) is 23.0 Å². The van der Waals surface area contributed by atoms with Crippen LogP contribution in [0.5, 0.6) is 0 Å². The molecule has 0 saturated carbocycles. The zero-order valence-electron chi connectivity index (χ0n) is 20.5. The van der Waals surface area contributed by atoms with Gasteiger partial charge in [-0.3, -0.25) is 14.0 Å². The van der Waals surface area contributed by atoms with Crippen LogP contribution in [0.1, 0.15) is 30.5 Å². The van der Waals surface area contributed by atoms with Crippen molar-refractivity contribution in [2.24, 2.45) is 0 Å². The number of hydrazine groups is 1. The lowest BCUT2D eigenvalue weighted by Gasteiger charge is -2.30. The second kappa shape index (κ2) is 9.78. The summed E-state index contributed by atoms with van der Waals surface area (Å²) in [5.41, 5.74) is 11.9. The van der Waals surface area contributed by atoms with E-state index in [0.717, 1.165) is 57.0 Å². The number of aryl methyl sites for hydroxylation is 3. The molecule has 0 spiro atoms.